The highest BCUT2D eigenvalue weighted by Crippen LogP contribution is 2.28. The van der Waals surface area contributed by atoms with Crippen molar-refractivity contribution >= 4 is 6.09 Å². The maximum atomic E-state index is 12.0. The van der Waals surface area contributed by atoms with Crippen molar-refractivity contribution in [2.75, 3.05) is 20.1 Å². The molecule has 1 amide bonds. The molecule has 0 bridgehead atoms. The van der Waals surface area contributed by atoms with Crippen LogP contribution in [0.25, 0.3) is 0 Å². The third-order valence-electron chi connectivity index (χ3n) is 4.08. The smallest absolute Gasteiger partial charge is 0.410 e. The van der Waals surface area contributed by atoms with Crippen LogP contribution in [0.3, 0.4) is 0 Å². The average molecular weight is 270 g/mol. The van der Waals surface area contributed by atoms with Crippen molar-refractivity contribution in [2.24, 2.45) is 0 Å². The summed E-state index contributed by atoms with van der Waals surface area (Å²) in [5.74, 6) is 0. The lowest BCUT2D eigenvalue weighted by Gasteiger charge is -2.39. The third-order valence-corrected chi connectivity index (χ3v) is 4.08. The number of ether oxygens (including phenoxy) is 1. The molecule has 0 aromatic rings. The van der Waals surface area contributed by atoms with E-state index in [4.69, 9.17) is 4.74 Å². The van der Waals surface area contributed by atoms with E-state index in [1.54, 1.807) is 4.90 Å². The molecular formula is C14H26N2O3. The van der Waals surface area contributed by atoms with E-state index in [1.165, 1.54) is 19.3 Å². The third kappa shape index (κ3) is 3.39. The molecule has 1 aliphatic heterocycles. The van der Waals surface area contributed by atoms with Crippen molar-refractivity contribution < 1.29 is 14.6 Å². The number of hydrogen-bond donors (Lipinski definition) is 1. The van der Waals surface area contributed by atoms with E-state index in [0.717, 1.165) is 0 Å². The van der Waals surface area contributed by atoms with Crippen LogP contribution in [-0.2, 0) is 4.74 Å². The van der Waals surface area contributed by atoms with Crippen LogP contribution in [0.2, 0.25) is 0 Å². The zero-order valence-electron chi connectivity index (χ0n) is 12.4. The lowest BCUT2D eigenvalue weighted by molar-refractivity contribution is 0.0267. The summed E-state index contributed by atoms with van der Waals surface area (Å²) in [5.41, 5.74) is -0.486. The van der Waals surface area contributed by atoms with Gasteiger partial charge in [-0.25, -0.2) is 4.79 Å². The zero-order chi connectivity index (χ0) is 14.2. The Hall–Kier alpha value is -0.810. The van der Waals surface area contributed by atoms with Crippen LogP contribution in [0, 0.1) is 0 Å². The largest absolute Gasteiger partial charge is 0.444 e. The fraction of sp³-hybridized carbons (Fsp3) is 0.929. The number of aliphatic hydroxyl groups is 1. The molecular weight excluding hydrogens is 244 g/mol. The fourth-order valence-corrected chi connectivity index (χ4v) is 2.71. The first kappa shape index (κ1) is 14.6. The van der Waals surface area contributed by atoms with Gasteiger partial charge in [0.25, 0.3) is 0 Å². The number of aliphatic hydroxyl groups excluding tert-OH is 1. The lowest BCUT2D eigenvalue weighted by atomic mass is 9.90. The number of likely N-dealkylation sites (N-methyl/N-ethyl adjacent to an activating group) is 1. The van der Waals surface area contributed by atoms with E-state index < -0.39 is 11.7 Å². The van der Waals surface area contributed by atoms with Gasteiger partial charge in [0.15, 0.2) is 0 Å². The van der Waals surface area contributed by atoms with E-state index in [-0.39, 0.29) is 12.1 Å². The molecule has 2 aliphatic rings. The Bertz CT molecular complexity index is 336. The van der Waals surface area contributed by atoms with Crippen LogP contribution in [0.5, 0.6) is 0 Å². The average Bonchev–Trinajstić information content (AvgIpc) is 2.54. The number of hydrogen-bond acceptors (Lipinski definition) is 4. The van der Waals surface area contributed by atoms with Crippen LogP contribution in [0.4, 0.5) is 4.79 Å². The van der Waals surface area contributed by atoms with Gasteiger partial charge in [-0.15, -0.1) is 0 Å². The van der Waals surface area contributed by atoms with Crippen molar-refractivity contribution in [3.05, 3.63) is 0 Å². The standard InChI is InChI=1S/C14H26N2O3/c1-14(2,3)19-13(18)16-8-11(12(17)9-16)15(4)10-6-5-7-10/h10-12,17H,5-9H2,1-4H3/t11-,12-/m1/s1. The summed E-state index contributed by atoms with van der Waals surface area (Å²) in [6, 6.07) is 0.607. The molecule has 19 heavy (non-hydrogen) atoms. The van der Waals surface area contributed by atoms with Gasteiger partial charge in [-0.05, 0) is 40.7 Å². The number of β-amino-alcohol motifs (C(OH)–C–C–N with tert-alkyl or cyclic N) is 1. The summed E-state index contributed by atoms with van der Waals surface area (Å²) in [6.07, 6.45) is 2.88. The van der Waals surface area contributed by atoms with Gasteiger partial charge in [-0.3, -0.25) is 4.90 Å². The van der Waals surface area contributed by atoms with E-state index >= 15 is 0 Å². The van der Waals surface area contributed by atoms with Gasteiger partial charge in [-0.2, -0.15) is 0 Å². The van der Waals surface area contributed by atoms with Gasteiger partial charge in [-0.1, -0.05) is 6.42 Å². The van der Waals surface area contributed by atoms with Crippen molar-refractivity contribution in [1.29, 1.82) is 0 Å². The van der Waals surface area contributed by atoms with E-state index in [1.807, 2.05) is 20.8 Å². The Balaban J connectivity index is 1.91. The summed E-state index contributed by atoms with van der Waals surface area (Å²) in [7, 11) is 2.05. The minimum atomic E-state index is -0.486. The Morgan fingerprint density at radius 1 is 1.32 bits per heavy atom. The second-order valence-electron chi connectivity index (χ2n) is 6.77. The van der Waals surface area contributed by atoms with E-state index in [2.05, 4.69) is 11.9 Å². The molecule has 2 atom stereocenters. The highest BCUT2D eigenvalue weighted by atomic mass is 16.6. The first-order valence-electron chi connectivity index (χ1n) is 7.16. The van der Waals surface area contributed by atoms with Gasteiger partial charge < -0.3 is 14.7 Å². The quantitative estimate of drug-likeness (QED) is 0.825. The molecule has 0 unspecified atom stereocenters. The monoisotopic (exact) mass is 270 g/mol. The molecule has 1 saturated heterocycles. The first-order valence-corrected chi connectivity index (χ1v) is 7.16. The number of likely N-dealkylation sites (tertiary alicyclic amines) is 1. The molecule has 5 nitrogen and oxygen atoms in total. The maximum Gasteiger partial charge on any atom is 0.410 e. The molecule has 2 rings (SSSR count). The molecule has 0 spiro atoms. The summed E-state index contributed by atoms with van der Waals surface area (Å²) in [5, 5.41) is 10.2. The van der Waals surface area contributed by atoms with Crippen molar-refractivity contribution in [3.8, 4) is 0 Å². The summed E-state index contributed by atoms with van der Waals surface area (Å²) in [4.78, 5) is 15.9. The number of carbonyl (C=O) groups excluding carboxylic acids is 1. The van der Waals surface area contributed by atoms with Gasteiger partial charge in [0, 0.05) is 12.6 Å². The number of rotatable bonds is 2. The van der Waals surface area contributed by atoms with Crippen LogP contribution in [0.15, 0.2) is 0 Å². The molecule has 1 saturated carbocycles. The van der Waals surface area contributed by atoms with Crippen LogP contribution in [-0.4, -0.2) is 64.9 Å². The summed E-state index contributed by atoms with van der Waals surface area (Å²) >= 11 is 0. The van der Waals surface area contributed by atoms with Crippen LogP contribution in [0.1, 0.15) is 40.0 Å². The maximum absolute atomic E-state index is 12.0. The van der Waals surface area contributed by atoms with Crippen molar-refractivity contribution in [3.63, 3.8) is 0 Å². The molecule has 1 aliphatic carbocycles. The number of carbonyl (C=O) groups is 1. The summed E-state index contributed by atoms with van der Waals surface area (Å²) in [6.45, 7) is 6.50. The molecule has 0 radical (unpaired) electrons. The Labute approximate surface area is 115 Å². The molecule has 1 heterocycles. The lowest BCUT2D eigenvalue weighted by Crippen LogP contribution is -2.49. The molecule has 110 valence electrons. The number of nitrogens with zero attached hydrogens (tertiary/aromatic N) is 2. The highest BCUT2D eigenvalue weighted by molar-refractivity contribution is 5.68. The molecule has 1 N–H and O–H groups in total. The van der Waals surface area contributed by atoms with E-state index in [9.17, 15) is 9.90 Å². The molecule has 5 heteroatoms. The van der Waals surface area contributed by atoms with Gasteiger partial charge in [0.1, 0.15) is 5.60 Å². The van der Waals surface area contributed by atoms with Gasteiger partial charge in [0.2, 0.25) is 0 Å². The van der Waals surface area contributed by atoms with E-state index in [0.29, 0.717) is 19.1 Å². The predicted molar refractivity (Wildman–Crippen MR) is 73.0 cm³/mol. The predicted octanol–water partition coefficient (Wildman–Crippen LogP) is 1.45. The molecule has 2 fully saturated rings. The van der Waals surface area contributed by atoms with Gasteiger partial charge in [0.05, 0.1) is 18.7 Å². The first-order chi connectivity index (χ1) is 8.78. The second-order valence-corrected chi connectivity index (χ2v) is 6.77. The Kier molecular flexibility index (Phi) is 4.06. The topological polar surface area (TPSA) is 53.0 Å². The minimum absolute atomic E-state index is 0.0396. The Morgan fingerprint density at radius 3 is 2.42 bits per heavy atom. The fourth-order valence-electron chi connectivity index (χ4n) is 2.71. The molecule has 0 aromatic heterocycles. The van der Waals surface area contributed by atoms with Crippen molar-refractivity contribution in [1.82, 2.24) is 9.80 Å². The normalized spacial score (nSPS) is 28.6. The van der Waals surface area contributed by atoms with Crippen LogP contribution < -0.4 is 0 Å². The number of amides is 1. The van der Waals surface area contributed by atoms with Crippen molar-refractivity contribution in [2.45, 2.75) is 63.8 Å². The SMILES string of the molecule is CN(C1CCC1)[C@@H]1CN(C(=O)OC(C)(C)C)C[C@H]1O. The zero-order valence-corrected chi connectivity index (χ0v) is 12.4. The summed E-state index contributed by atoms with van der Waals surface area (Å²) < 4.78 is 5.36. The van der Waals surface area contributed by atoms with Crippen LogP contribution >= 0.6 is 0 Å². The Morgan fingerprint density at radius 2 is 1.95 bits per heavy atom. The second kappa shape index (κ2) is 5.29. The van der Waals surface area contributed by atoms with Gasteiger partial charge >= 0.3 is 6.09 Å². The molecule has 0 aromatic carbocycles. The minimum Gasteiger partial charge on any atom is -0.444 e. The highest BCUT2D eigenvalue weighted by Gasteiger charge is 2.40.